The maximum absolute atomic E-state index is 13.5. The van der Waals surface area contributed by atoms with E-state index in [0.717, 1.165) is 18.4 Å². The van der Waals surface area contributed by atoms with Crippen LogP contribution in [0.15, 0.2) is 72.0 Å². The molecule has 1 aliphatic heterocycles. The molecule has 1 N–H and O–H groups in total. The summed E-state index contributed by atoms with van der Waals surface area (Å²) in [6, 6.07) is 18.5. The van der Waals surface area contributed by atoms with Crippen molar-refractivity contribution in [3.05, 3.63) is 83.7 Å². The highest BCUT2D eigenvalue weighted by Crippen LogP contribution is 2.22. The molecule has 192 valence electrons. The van der Waals surface area contributed by atoms with Crippen molar-refractivity contribution < 1.29 is 17.9 Å². The minimum atomic E-state index is -3.73. The zero-order chi connectivity index (χ0) is 25.5. The second-order valence-corrected chi connectivity index (χ2v) is 11.4. The van der Waals surface area contributed by atoms with Crippen LogP contribution in [0.4, 0.5) is 4.79 Å². The van der Waals surface area contributed by atoms with Crippen LogP contribution in [0.1, 0.15) is 43.5 Å². The van der Waals surface area contributed by atoms with Gasteiger partial charge in [-0.3, -0.25) is 0 Å². The number of rotatable bonds is 10. The molecule has 8 nitrogen and oxygen atoms in total. The van der Waals surface area contributed by atoms with Crippen LogP contribution in [0.5, 0.6) is 0 Å². The maximum atomic E-state index is 13.5. The molecule has 0 spiro atoms. The van der Waals surface area contributed by atoms with Crippen LogP contribution < -0.4 is 5.32 Å². The third-order valence-electron chi connectivity index (χ3n) is 6.06. The fourth-order valence-corrected chi connectivity index (χ4v) is 5.84. The SMILES string of the molecule is CC(C)NC(=O)N(Cc1cnc(S(=O)(=O)Cc2ccccc2)n1Cc1ccccc1)C[C@@H]1CCCO1. The number of benzene rings is 2. The lowest BCUT2D eigenvalue weighted by Gasteiger charge is -2.27. The Balaban J connectivity index is 1.67. The van der Waals surface area contributed by atoms with E-state index in [1.807, 2.05) is 62.4 Å². The third kappa shape index (κ3) is 6.73. The van der Waals surface area contributed by atoms with Crippen LogP contribution >= 0.6 is 0 Å². The largest absolute Gasteiger partial charge is 0.376 e. The van der Waals surface area contributed by atoms with E-state index in [1.165, 1.54) is 0 Å². The molecule has 9 heteroatoms. The predicted octanol–water partition coefficient (Wildman–Crippen LogP) is 4.00. The molecular formula is C27H34N4O4S. The molecule has 1 aliphatic rings. The summed E-state index contributed by atoms with van der Waals surface area (Å²) in [6.07, 6.45) is 3.41. The topological polar surface area (TPSA) is 93.5 Å². The zero-order valence-corrected chi connectivity index (χ0v) is 21.7. The molecular weight excluding hydrogens is 476 g/mol. The van der Waals surface area contributed by atoms with Crippen molar-refractivity contribution in [2.75, 3.05) is 13.2 Å². The van der Waals surface area contributed by atoms with Gasteiger partial charge in [-0.15, -0.1) is 0 Å². The van der Waals surface area contributed by atoms with Gasteiger partial charge in [0.2, 0.25) is 15.0 Å². The number of sulfone groups is 1. The van der Waals surface area contributed by atoms with Crippen LogP contribution in [0.2, 0.25) is 0 Å². The summed E-state index contributed by atoms with van der Waals surface area (Å²) in [7, 11) is -3.73. The van der Waals surface area contributed by atoms with Gasteiger partial charge in [-0.25, -0.2) is 18.2 Å². The molecule has 1 atom stereocenters. The van der Waals surface area contributed by atoms with Gasteiger partial charge in [-0.05, 0) is 37.8 Å². The highest BCUT2D eigenvalue weighted by Gasteiger charge is 2.28. The molecule has 3 aromatic rings. The molecule has 2 amide bonds. The Labute approximate surface area is 213 Å². The normalized spacial score (nSPS) is 15.8. The fraction of sp³-hybridized carbons (Fsp3) is 0.407. The van der Waals surface area contributed by atoms with Crippen LogP contribution in [0.3, 0.4) is 0 Å². The number of ether oxygens (including phenoxy) is 1. The summed E-state index contributed by atoms with van der Waals surface area (Å²) in [5.41, 5.74) is 2.30. The Morgan fingerprint density at radius 3 is 2.39 bits per heavy atom. The minimum Gasteiger partial charge on any atom is -0.376 e. The summed E-state index contributed by atoms with van der Waals surface area (Å²) >= 11 is 0. The van der Waals surface area contributed by atoms with Gasteiger partial charge in [-0.1, -0.05) is 60.7 Å². The Kier molecular flexibility index (Phi) is 8.43. The molecule has 1 aromatic heterocycles. The van der Waals surface area contributed by atoms with Gasteiger partial charge in [0, 0.05) is 19.2 Å². The van der Waals surface area contributed by atoms with E-state index >= 15 is 0 Å². The van der Waals surface area contributed by atoms with E-state index in [4.69, 9.17) is 4.74 Å². The average Bonchev–Trinajstić information content (AvgIpc) is 3.50. The number of nitrogens with one attached hydrogen (secondary N) is 1. The molecule has 0 bridgehead atoms. The summed E-state index contributed by atoms with van der Waals surface area (Å²) in [5, 5.41) is 2.97. The molecule has 0 radical (unpaired) electrons. The number of carbonyl (C=O) groups is 1. The van der Waals surface area contributed by atoms with Gasteiger partial charge in [0.05, 0.1) is 36.8 Å². The smallest absolute Gasteiger partial charge is 0.318 e. The second-order valence-electron chi connectivity index (χ2n) is 9.47. The number of aromatic nitrogens is 2. The van der Waals surface area contributed by atoms with E-state index in [1.54, 1.807) is 27.8 Å². The Bertz CT molecular complexity index is 1240. The van der Waals surface area contributed by atoms with Crippen molar-refractivity contribution in [1.29, 1.82) is 0 Å². The molecule has 36 heavy (non-hydrogen) atoms. The highest BCUT2D eigenvalue weighted by atomic mass is 32.2. The Morgan fingerprint density at radius 2 is 1.78 bits per heavy atom. The molecule has 0 unspecified atom stereocenters. The molecule has 2 aromatic carbocycles. The number of hydrogen-bond acceptors (Lipinski definition) is 5. The van der Waals surface area contributed by atoms with Crippen LogP contribution in [-0.2, 0) is 33.4 Å². The molecule has 0 saturated carbocycles. The van der Waals surface area contributed by atoms with Crippen molar-refractivity contribution in [3.63, 3.8) is 0 Å². The number of urea groups is 1. The number of carbonyl (C=O) groups excluding carboxylic acids is 1. The van der Waals surface area contributed by atoms with Crippen molar-refractivity contribution in [2.45, 2.75) is 62.8 Å². The molecule has 1 fully saturated rings. The van der Waals surface area contributed by atoms with Crippen molar-refractivity contribution in [2.24, 2.45) is 0 Å². The van der Waals surface area contributed by atoms with Gasteiger partial charge in [0.1, 0.15) is 0 Å². The summed E-state index contributed by atoms with van der Waals surface area (Å²) in [4.78, 5) is 19.1. The van der Waals surface area contributed by atoms with E-state index in [-0.39, 0.29) is 35.6 Å². The van der Waals surface area contributed by atoms with Crippen molar-refractivity contribution in [1.82, 2.24) is 19.8 Å². The first-order chi connectivity index (χ1) is 17.3. The standard InChI is InChI=1S/C27H34N4O4S/c1-21(2)29-26(32)30(19-25-14-9-15-35-25)18-24-16-28-27(31(24)17-22-10-5-3-6-11-22)36(33,34)20-23-12-7-4-8-13-23/h3-8,10-13,16,21,25H,9,14-15,17-20H2,1-2H3,(H,29,32)/t25-/m0/s1. The fourth-order valence-electron chi connectivity index (χ4n) is 4.35. The summed E-state index contributed by atoms with van der Waals surface area (Å²) in [6.45, 7) is 5.50. The molecule has 1 saturated heterocycles. The summed E-state index contributed by atoms with van der Waals surface area (Å²) < 4.78 is 34.5. The lowest BCUT2D eigenvalue weighted by molar-refractivity contribution is 0.0785. The van der Waals surface area contributed by atoms with E-state index in [9.17, 15) is 13.2 Å². The predicted molar refractivity (Wildman–Crippen MR) is 138 cm³/mol. The van der Waals surface area contributed by atoms with Gasteiger partial charge >= 0.3 is 6.03 Å². The van der Waals surface area contributed by atoms with Crippen LogP contribution in [0, 0.1) is 0 Å². The molecule has 4 rings (SSSR count). The lowest BCUT2D eigenvalue weighted by Crippen LogP contribution is -2.45. The first-order valence-electron chi connectivity index (χ1n) is 12.3. The first-order valence-corrected chi connectivity index (χ1v) is 14.0. The summed E-state index contributed by atoms with van der Waals surface area (Å²) in [5.74, 6) is -0.146. The average molecular weight is 511 g/mol. The number of nitrogens with zero attached hydrogens (tertiary/aromatic N) is 3. The first kappa shape index (κ1) is 25.9. The van der Waals surface area contributed by atoms with Crippen molar-refractivity contribution >= 4 is 15.9 Å². The molecule has 0 aliphatic carbocycles. The quantitative estimate of drug-likeness (QED) is 0.445. The zero-order valence-electron chi connectivity index (χ0n) is 20.8. The molecule has 2 heterocycles. The lowest BCUT2D eigenvalue weighted by atomic mass is 10.2. The van der Waals surface area contributed by atoms with E-state index in [0.29, 0.717) is 31.0 Å². The monoisotopic (exact) mass is 510 g/mol. The maximum Gasteiger partial charge on any atom is 0.318 e. The van der Waals surface area contributed by atoms with Gasteiger partial charge in [-0.2, -0.15) is 0 Å². The van der Waals surface area contributed by atoms with Crippen molar-refractivity contribution in [3.8, 4) is 0 Å². The van der Waals surface area contributed by atoms with Crippen LogP contribution in [0.25, 0.3) is 0 Å². The van der Waals surface area contributed by atoms with Gasteiger partial charge in [0.25, 0.3) is 0 Å². The second kappa shape index (κ2) is 11.7. The van der Waals surface area contributed by atoms with Crippen LogP contribution in [-0.4, -0.2) is 54.2 Å². The number of hydrogen-bond donors (Lipinski definition) is 1. The third-order valence-corrected chi connectivity index (χ3v) is 7.66. The minimum absolute atomic E-state index is 0.00606. The Hall–Kier alpha value is -3.17. The van der Waals surface area contributed by atoms with E-state index < -0.39 is 9.84 Å². The number of imidazole rings is 1. The number of amides is 2. The Morgan fingerprint density at radius 1 is 1.11 bits per heavy atom. The highest BCUT2D eigenvalue weighted by molar-refractivity contribution is 7.90. The van der Waals surface area contributed by atoms with Gasteiger partial charge in [0.15, 0.2) is 0 Å². The van der Waals surface area contributed by atoms with E-state index in [2.05, 4.69) is 10.3 Å². The van der Waals surface area contributed by atoms with Gasteiger partial charge < -0.3 is 19.5 Å².